The van der Waals surface area contributed by atoms with Crippen LogP contribution in [0.3, 0.4) is 0 Å². The molecule has 0 saturated heterocycles. The molecule has 1 heterocycles. The number of hydrogen-bond donors (Lipinski definition) is 0. The van der Waals surface area contributed by atoms with Crippen LogP contribution in [0, 0.1) is 0 Å². The number of pyridine rings is 1. The van der Waals surface area contributed by atoms with Gasteiger partial charge in [-0.05, 0) is 6.07 Å². The van der Waals surface area contributed by atoms with Crippen LogP contribution in [0.1, 0.15) is 10.4 Å². The number of carbonyl (C=O) groups is 1. The molecule has 19 heavy (non-hydrogen) atoms. The number of aldehydes is 1. The summed E-state index contributed by atoms with van der Waals surface area (Å²) in [6, 6.07) is 6.78. The Labute approximate surface area is 110 Å². The van der Waals surface area contributed by atoms with Crippen LogP contribution in [0.5, 0.6) is 23.0 Å². The molecule has 0 aliphatic carbocycles. The van der Waals surface area contributed by atoms with E-state index in [1.54, 1.807) is 38.5 Å². The van der Waals surface area contributed by atoms with Crippen LogP contribution in [-0.2, 0) is 0 Å². The third kappa shape index (κ3) is 3.22. The van der Waals surface area contributed by atoms with E-state index in [-0.39, 0.29) is 0 Å². The maximum Gasteiger partial charge on any atom is 0.151 e. The molecule has 0 atom stereocenters. The SMILES string of the molecule is COc1cc(OC)cc(Oc2cncc(C=O)c2)c1. The monoisotopic (exact) mass is 259 g/mol. The first-order valence-electron chi connectivity index (χ1n) is 5.56. The van der Waals surface area contributed by atoms with Crippen LogP contribution in [0.4, 0.5) is 0 Å². The molecule has 1 aromatic carbocycles. The lowest BCUT2D eigenvalue weighted by molar-refractivity contribution is 0.112. The lowest BCUT2D eigenvalue weighted by atomic mass is 10.3. The summed E-state index contributed by atoms with van der Waals surface area (Å²) < 4.78 is 15.9. The highest BCUT2D eigenvalue weighted by Gasteiger charge is 2.05. The Hall–Kier alpha value is -2.56. The molecule has 2 aromatic rings. The van der Waals surface area contributed by atoms with Crippen LogP contribution < -0.4 is 14.2 Å². The number of aromatic nitrogens is 1. The lowest BCUT2D eigenvalue weighted by Crippen LogP contribution is -1.91. The number of carbonyl (C=O) groups excluding carboxylic acids is 1. The standard InChI is InChI=1S/C14H13NO4/c1-17-11-4-12(18-2)6-13(5-11)19-14-3-10(9-16)7-15-8-14/h3-9H,1-2H3. The second-order valence-electron chi connectivity index (χ2n) is 3.72. The third-order valence-electron chi connectivity index (χ3n) is 2.43. The fourth-order valence-corrected chi connectivity index (χ4v) is 1.53. The summed E-state index contributed by atoms with van der Waals surface area (Å²) >= 11 is 0. The number of hydrogen-bond acceptors (Lipinski definition) is 5. The number of rotatable bonds is 5. The van der Waals surface area contributed by atoms with E-state index in [4.69, 9.17) is 14.2 Å². The summed E-state index contributed by atoms with van der Waals surface area (Å²) in [5, 5.41) is 0. The van der Waals surface area contributed by atoms with Crippen molar-refractivity contribution in [2.24, 2.45) is 0 Å². The fraction of sp³-hybridized carbons (Fsp3) is 0.143. The molecular formula is C14H13NO4. The summed E-state index contributed by atoms with van der Waals surface area (Å²) in [5.41, 5.74) is 0.451. The van der Waals surface area contributed by atoms with Gasteiger partial charge in [-0.25, -0.2) is 0 Å². The maximum atomic E-state index is 10.7. The van der Waals surface area contributed by atoms with Gasteiger partial charge in [-0.1, -0.05) is 0 Å². The lowest BCUT2D eigenvalue weighted by Gasteiger charge is -2.09. The Morgan fingerprint density at radius 1 is 0.895 bits per heavy atom. The zero-order valence-corrected chi connectivity index (χ0v) is 10.6. The highest BCUT2D eigenvalue weighted by Crippen LogP contribution is 2.30. The van der Waals surface area contributed by atoms with E-state index >= 15 is 0 Å². The van der Waals surface area contributed by atoms with Crippen molar-refractivity contribution in [2.45, 2.75) is 0 Å². The molecule has 0 unspecified atom stereocenters. The minimum atomic E-state index is 0.451. The molecule has 0 bridgehead atoms. The topological polar surface area (TPSA) is 57.6 Å². The van der Waals surface area contributed by atoms with Gasteiger partial charge in [-0.15, -0.1) is 0 Å². The first-order valence-corrected chi connectivity index (χ1v) is 5.56. The molecule has 5 nitrogen and oxygen atoms in total. The zero-order chi connectivity index (χ0) is 13.7. The zero-order valence-electron chi connectivity index (χ0n) is 10.6. The van der Waals surface area contributed by atoms with Gasteiger partial charge in [0.2, 0.25) is 0 Å². The predicted molar refractivity (Wildman–Crippen MR) is 69.2 cm³/mol. The van der Waals surface area contributed by atoms with E-state index in [9.17, 15) is 4.79 Å². The number of methoxy groups -OCH3 is 2. The van der Waals surface area contributed by atoms with Crippen molar-refractivity contribution in [1.82, 2.24) is 4.98 Å². The number of ether oxygens (including phenoxy) is 3. The van der Waals surface area contributed by atoms with Gasteiger partial charge in [0.25, 0.3) is 0 Å². The highest BCUT2D eigenvalue weighted by molar-refractivity contribution is 5.74. The van der Waals surface area contributed by atoms with E-state index in [1.165, 1.54) is 12.4 Å². The second-order valence-corrected chi connectivity index (χ2v) is 3.72. The van der Waals surface area contributed by atoms with Gasteiger partial charge in [0.1, 0.15) is 23.0 Å². The predicted octanol–water partition coefficient (Wildman–Crippen LogP) is 2.70. The van der Waals surface area contributed by atoms with E-state index in [0.717, 1.165) is 0 Å². The maximum absolute atomic E-state index is 10.7. The molecule has 0 spiro atoms. The normalized spacial score (nSPS) is 9.79. The molecule has 0 saturated carbocycles. The van der Waals surface area contributed by atoms with Crippen molar-refractivity contribution >= 4 is 6.29 Å². The van der Waals surface area contributed by atoms with E-state index < -0.39 is 0 Å². The highest BCUT2D eigenvalue weighted by atomic mass is 16.5. The summed E-state index contributed by atoms with van der Waals surface area (Å²) in [5.74, 6) is 2.25. The van der Waals surface area contributed by atoms with Crippen LogP contribution in [0.25, 0.3) is 0 Å². The van der Waals surface area contributed by atoms with Gasteiger partial charge in [-0.2, -0.15) is 0 Å². The second kappa shape index (κ2) is 5.86. The van der Waals surface area contributed by atoms with E-state index in [0.29, 0.717) is 34.8 Å². The number of benzene rings is 1. The Morgan fingerprint density at radius 3 is 2.11 bits per heavy atom. The molecule has 0 aliphatic heterocycles. The minimum Gasteiger partial charge on any atom is -0.496 e. The molecule has 0 aliphatic rings. The Morgan fingerprint density at radius 2 is 1.53 bits per heavy atom. The molecule has 98 valence electrons. The van der Waals surface area contributed by atoms with Crippen molar-refractivity contribution in [3.8, 4) is 23.0 Å². The Kier molecular flexibility index (Phi) is 3.97. The van der Waals surface area contributed by atoms with Crippen LogP contribution in [0.2, 0.25) is 0 Å². The van der Waals surface area contributed by atoms with Crippen molar-refractivity contribution in [3.05, 3.63) is 42.2 Å². The summed E-state index contributed by atoms with van der Waals surface area (Å²) in [4.78, 5) is 14.6. The van der Waals surface area contributed by atoms with Gasteiger partial charge in [0.05, 0.1) is 20.4 Å². The average molecular weight is 259 g/mol. The smallest absolute Gasteiger partial charge is 0.151 e. The summed E-state index contributed by atoms with van der Waals surface area (Å²) in [7, 11) is 3.13. The molecule has 5 heteroatoms. The van der Waals surface area contributed by atoms with Crippen LogP contribution in [0.15, 0.2) is 36.7 Å². The van der Waals surface area contributed by atoms with Gasteiger partial charge in [0.15, 0.2) is 6.29 Å². The molecule has 0 fully saturated rings. The molecular weight excluding hydrogens is 246 g/mol. The molecule has 0 radical (unpaired) electrons. The molecule has 0 N–H and O–H groups in total. The fourth-order valence-electron chi connectivity index (χ4n) is 1.53. The molecule has 1 aromatic heterocycles. The van der Waals surface area contributed by atoms with Crippen LogP contribution >= 0.6 is 0 Å². The largest absolute Gasteiger partial charge is 0.496 e. The first-order chi connectivity index (χ1) is 9.25. The van der Waals surface area contributed by atoms with E-state index in [2.05, 4.69) is 4.98 Å². The third-order valence-corrected chi connectivity index (χ3v) is 2.43. The number of nitrogens with zero attached hydrogens (tertiary/aromatic N) is 1. The Bertz CT molecular complexity index is 561. The van der Waals surface area contributed by atoms with Gasteiger partial charge < -0.3 is 14.2 Å². The molecule has 2 rings (SSSR count). The van der Waals surface area contributed by atoms with Gasteiger partial charge in [-0.3, -0.25) is 9.78 Å². The van der Waals surface area contributed by atoms with E-state index in [1.807, 2.05) is 0 Å². The Balaban J connectivity index is 2.28. The summed E-state index contributed by atoms with van der Waals surface area (Å²) in [6.07, 6.45) is 3.71. The summed E-state index contributed by atoms with van der Waals surface area (Å²) in [6.45, 7) is 0. The van der Waals surface area contributed by atoms with Gasteiger partial charge in [0, 0.05) is 30.0 Å². The average Bonchev–Trinajstić information content (AvgIpc) is 2.47. The minimum absolute atomic E-state index is 0.451. The van der Waals surface area contributed by atoms with Crippen molar-refractivity contribution < 1.29 is 19.0 Å². The quantitative estimate of drug-likeness (QED) is 0.773. The van der Waals surface area contributed by atoms with Crippen molar-refractivity contribution in [1.29, 1.82) is 0 Å². The first kappa shape index (κ1) is 12.9. The van der Waals surface area contributed by atoms with Crippen molar-refractivity contribution in [3.63, 3.8) is 0 Å². The van der Waals surface area contributed by atoms with Crippen LogP contribution in [-0.4, -0.2) is 25.5 Å². The molecule has 0 amide bonds. The van der Waals surface area contributed by atoms with Crippen molar-refractivity contribution in [2.75, 3.05) is 14.2 Å². The van der Waals surface area contributed by atoms with Gasteiger partial charge >= 0.3 is 0 Å².